The van der Waals surface area contributed by atoms with Crippen molar-refractivity contribution in [3.63, 3.8) is 0 Å². The Bertz CT molecular complexity index is 1390. The number of carbonyl (C=O) groups is 1. The first-order valence-electron chi connectivity index (χ1n) is 15.3. The first-order valence-corrected chi connectivity index (χ1v) is 18.0. The van der Waals surface area contributed by atoms with Crippen LogP contribution in [0.15, 0.2) is 182 Å². The smallest absolute Gasteiger partial charge is 0.320 e. The van der Waals surface area contributed by atoms with E-state index in [0.717, 1.165) is 0 Å². The van der Waals surface area contributed by atoms with Gasteiger partial charge in [0.1, 0.15) is 6.04 Å². The Morgan fingerprint density at radius 2 is 0.617 bits per heavy atom. The summed E-state index contributed by atoms with van der Waals surface area (Å²) in [6.07, 6.45) is 0. The second-order valence-electron chi connectivity index (χ2n) is 10.8. The Balaban J connectivity index is 0.000000206. The summed E-state index contributed by atoms with van der Waals surface area (Å²) in [6, 6.07) is 63.9. The Hall–Kier alpha value is -3.73. The topological polar surface area (TPSA) is 63.3 Å². The van der Waals surface area contributed by atoms with Gasteiger partial charge in [-0.1, -0.05) is 196 Å². The van der Waals surface area contributed by atoms with Crippen LogP contribution in [0.2, 0.25) is 0 Å². The van der Waals surface area contributed by atoms with Gasteiger partial charge in [-0.15, -0.1) is 0 Å². The summed E-state index contributed by atoms with van der Waals surface area (Å²) < 4.78 is 0. The van der Waals surface area contributed by atoms with Crippen molar-refractivity contribution in [1.82, 2.24) is 0 Å². The molecule has 0 aromatic heterocycles. The maximum atomic E-state index is 10.0. The Labute approximate surface area is 296 Å². The van der Waals surface area contributed by atoms with Gasteiger partial charge in [0.15, 0.2) is 0 Å². The predicted molar refractivity (Wildman–Crippen MR) is 201 cm³/mol. The molecule has 1 radical (unpaired) electrons. The summed E-state index contributed by atoms with van der Waals surface area (Å²) in [5.41, 5.74) is 5.16. The largest absolute Gasteiger partial charge is 0.480 e. The quantitative estimate of drug-likeness (QED) is 0.164. The van der Waals surface area contributed by atoms with Crippen molar-refractivity contribution < 1.29 is 30.3 Å². The van der Waals surface area contributed by atoms with Gasteiger partial charge in [0.2, 0.25) is 0 Å². The standard InChI is InChI=1S/2C18H15P.C5H11NO2.Re/c2*1-4-10-16(11-5-1)19(17-12-6-2-7-13-17)18-14-8-3-9-15-18;1-3(2)4(6)5(7)8;/h2*1-15H;3-4H,6H2,1-2H3,(H,7,8);/t;;4-;/m..0./s1. The van der Waals surface area contributed by atoms with Gasteiger partial charge in [0, 0.05) is 20.4 Å². The molecule has 3 N–H and O–H groups in total. The van der Waals surface area contributed by atoms with Crippen molar-refractivity contribution in [2.75, 3.05) is 0 Å². The molecule has 6 heteroatoms. The third-order valence-electron chi connectivity index (χ3n) is 7.09. The summed E-state index contributed by atoms with van der Waals surface area (Å²) >= 11 is 0. The summed E-state index contributed by atoms with van der Waals surface area (Å²) in [5, 5.41) is 16.6. The molecule has 6 aromatic carbocycles. The van der Waals surface area contributed by atoms with E-state index >= 15 is 0 Å². The molecule has 0 aliphatic carbocycles. The Morgan fingerprint density at radius 3 is 0.723 bits per heavy atom. The summed E-state index contributed by atoms with van der Waals surface area (Å²) in [4.78, 5) is 10.0. The Kier molecular flexibility index (Phi) is 16.5. The molecule has 0 fully saturated rings. The number of nitrogens with two attached hydrogens (primary N) is 1. The Morgan fingerprint density at radius 1 is 0.447 bits per heavy atom. The van der Waals surface area contributed by atoms with E-state index in [1.165, 1.54) is 31.8 Å². The van der Waals surface area contributed by atoms with Gasteiger partial charge in [-0.3, -0.25) is 4.79 Å². The van der Waals surface area contributed by atoms with Gasteiger partial charge in [-0.2, -0.15) is 0 Å². The van der Waals surface area contributed by atoms with Crippen LogP contribution in [0.1, 0.15) is 13.8 Å². The molecule has 0 heterocycles. The van der Waals surface area contributed by atoms with Crippen molar-refractivity contribution in [3.8, 4) is 0 Å². The van der Waals surface area contributed by atoms with Crippen LogP contribution < -0.4 is 37.6 Å². The minimum Gasteiger partial charge on any atom is -0.480 e. The zero-order chi connectivity index (χ0) is 32.6. The zero-order valence-corrected chi connectivity index (χ0v) is 31.2. The molecule has 0 amide bonds. The summed E-state index contributed by atoms with van der Waals surface area (Å²) in [5.74, 6) is -0.910. The second-order valence-corrected chi connectivity index (χ2v) is 15.2. The van der Waals surface area contributed by atoms with Crippen LogP contribution in [0.5, 0.6) is 0 Å². The zero-order valence-electron chi connectivity index (χ0n) is 26.7. The molecule has 6 aromatic rings. The van der Waals surface area contributed by atoms with E-state index in [2.05, 4.69) is 182 Å². The van der Waals surface area contributed by atoms with Crippen molar-refractivity contribution in [3.05, 3.63) is 182 Å². The maximum absolute atomic E-state index is 10.0. The molecule has 0 saturated heterocycles. The first-order chi connectivity index (χ1) is 22.5. The molecule has 239 valence electrons. The molecular formula is C41H41NO2P2Re. The van der Waals surface area contributed by atoms with E-state index in [1.807, 2.05) is 0 Å². The van der Waals surface area contributed by atoms with Gasteiger partial charge in [-0.05, 0) is 53.6 Å². The van der Waals surface area contributed by atoms with Crippen molar-refractivity contribution in [2.45, 2.75) is 19.9 Å². The van der Waals surface area contributed by atoms with Crippen LogP contribution >= 0.6 is 15.8 Å². The monoisotopic (exact) mass is 828 g/mol. The minimum atomic E-state index is -0.931. The fraction of sp³-hybridized carbons (Fsp3) is 0.0976. The molecule has 0 aliphatic heterocycles. The average Bonchev–Trinajstić information content (AvgIpc) is 3.11. The van der Waals surface area contributed by atoms with E-state index in [1.54, 1.807) is 13.8 Å². The number of hydrogen-bond donors (Lipinski definition) is 2. The van der Waals surface area contributed by atoms with Crippen LogP contribution in [-0.2, 0) is 25.2 Å². The van der Waals surface area contributed by atoms with Crippen LogP contribution in [-0.4, -0.2) is 17.1 Å². The van der Waals surface area contributed by atoms with Gasteiger partial charge in [0.25, 0.3) is 0 Å². The third kappa shape index (κ3) is 11.8. The predicted octanol–water partition coefficient (Wildman–Crippen LogP) is 6.94. The molecule has 0 aliphatic rings. The van der Waals surface area contributed by atoms with E-state index in [0.29, 0.717) is 0 Å². The van der Waals surface area contributed by atoms with Crippen molar-refractivity contribution in [1.29, 1.82) is 0 Å². The van der Waals surface area contributed by atoms with E-state index in [9.17, 15) is 4.79 Å². The van der Waals surface area contributed by atoms with Crippen molar-refractivity contribution in [2.24, 2.45) is 11.7 Å². The van der Waals surface area contributed by atoms with E-state index < -0.39 is 27.9 Å². The molecular weight excluding hydrogens is 787 g/mol. The normalized spacial score (nSPS) is 10.9. The fourth-order valence-electron chi connectivity index (χ4n) is 4.64. The van der Waals surface area contributed by atoms with Crippen LogP contribution in [0, 0.1) is 5.92 Å². The average molecular weight is 828 g/mol. The fourth-order valence-corrected chi connectivity index (χ4v) is 9.25. The molecule has 0 unspecified atom stereocenters. The van der Waals surface area contributed by atoms with E-state index in [-0.39, 0.29) is 26.3 Å². The number of carboxylic acid groups (broad SMARTS) is 1. The number of aliphatic carboxylic acids is 1. The molecule has 6 rings (SSSR count). The molecule has 47 heavy (non-hydrogen) atoms. The summed E-state index contributed by atoms with van der Waals surface area (Å²) in [7, 11) is -0.892. The first kappa shape index (κ1) is 37.7. The molecule has 0 spiro atoms. The van der Waals surface area contributed by atoms with Gasteiger partial charge < -0.3 is 10.8 Å². The minimum absolute atomic E-state index is 0. The van der Waals surface area contributed by atoms with E-state index in [4.69, 9.17) is 10.8 Å². The number of hydrogen-bond acceptors (Lipinski definition) is 2. The number of rotatable bonds is 8. The second kappa shape index (κ2) is 20.5. The van der Waals surface area contributed by atoms with Crippen molar-refractivity contribution >= 4 is 53.6 Å². The third-order valence-corrected chi connectivity index (χ3v) is 12.0. The van der Waals surface area contributed by atoms with Crippen LogP contribution in [0.25, 0.3) is 0 Å². The molecule has 1 atom stereocenters. The van der Waals surface area contributed by atoms with Gasteiger partial charge in [0.05, 0.1) is 0 Å². The van der Waals surface area contributed by atoms with Crippen LogP contribution in [0.3, 0.4) is 0 Å². The van der Waals surface area contributed by atoms with Crippen LogP contribution in [0.4, 0.5) is 0 Å². The SMILES string of the molecule is CC(C)[C@H](N)C(=O)O.[Re].c1ccc(P(c2ccccc2)c2ccccc2)cc1.c1ccc(P(c2ccccc2)c2ccccc2)cc1. The molecule has 0 bridgehead atoms. The number of benzene rings is 6. The summed E-state index contributed by atoms with van der Waals surface area (Å²) in [6.45, 7) is 3.55. The molecule has 3 nitrogen and oxygen atoms in total. The van der Waals surface area contributed by atoms with Gasteiger partial charge in [-0.25, -0.2) is 0 Å². The number of carboxylic acids is 1. The molecule has 0 saturated carbocycles. The van der Waals surface area contributed by atoms with Gasteiger partial charge >= 0.3 is 5.97 Å². The maximum Gasteiger partial charge on any atom is 0.320 e.